The predicted octanol–water partition coefficient (Wildman–Crippen LogP) is 2.56. The lowest BCUT2D eigenvalue weighted by Crippen LogP contribution is -2.26. The lowest BCUT2D eigenvalue weighted by molar-refractivity contribution is -0.137. The van der Waals surface area contributed by atoms with Crippen LogP contribution in [-0.4, -0.2) is 56.9 Å². The first kappa shape index (κ1) is 22.8. The quantitative estimate of drug-likeness (QED) is 0.293. The minimum absolute atomic E-state index is 0.00776. The number of carboxylic acids is 1. The number of aliphatic hydroxyl groups excluding tert-OH is 3. The Kier molecular flexibility index (Phi) is 11.4. The van der Waals surface area contributed by atoms with Gasteiger partial charge in [-0.05, 0) is 32.1 Å². The van der Waals surface area contributed by atoms with E-state index in [1.807, 2.05) is 6.08 Å². The van der Waals surface area contributed by atoms with Crippen molar-refractivity contribution in [1.29, 1.82) is 0 Å². The van der Waals surface area contributed by atoms with Crippen LogP contribution in [0.3, 0.4) is 0 Å². The molecule has 6 heteroatoms. The van der Waals surface area contributed by atoms with Crippen LogP contribution in [-0.2, 0) is 9.53 Å². The molecule has 0 spiro atoms. The molecule has 1 saturated heterocycles. The first-order valence-electron chi connectivity index (χ1n) is 9.68. The molecule has 0 radical (unpaired) electrons. The summed E-state index contributed by atoms with van der Waals surface area (Å²) in [5, 5.41) is 38.7. The Balaban J connectivity index is 2.31. The summed E-state index contributed by atoms with van der Waals surface area (Å²) in [4.78, 5) is 10.5. The molecule has 1 heterocycles. The molecule has 0 aliphatic carbocycles. The summed E-state index contributed by atoms with van der Waals surface area (Å²) in [6.07, 6.45) is 10.2. The summed E-state index contributed by atoms with van der Waals surface area (Å²) in [6.45, 7) is 2.16. The molecule has 0 unspecified atom stereocenters. The van der Waals surface area contributed by atoms with Gasteiger partial charge in [0, 0.05) is 12.8 Å². The van der Waals surface area contributed by atoms with Crippen LogP contribution in [0.15, 0.2) is 24.3 Å². The SMILES string of the molecule is CCCCC/C=C\C[C@@H](O)/C=C/[C@H]1O[C@@H]([C@H](O)CCCC(=O)O)C[C@H]1O. The van der Waals surface area contributed by atoms with Crippen molar-refractivity contribution in [1.82, 2.24) is 0 Å². The van der Waals surface area contributed by atoms with Gasteiger partial charge >= 0.3 is 5.97 Å². The van der Waals surface area contributed by atoms with Crippen LogP contribution in [0.5, 0.6) is 0 Å². The fourth-order valence-corrected chi connectivity index (χ4v) is 2.97. The van der Waals surface area contributed by atoms with Crippen LogP contribution in [0.25, 0.3) is 0 Å². The third-order valence-corrected chi connectivity index (χ3v) is 4.55. The van der Waals surface area contributed by atoms with Gasteiger partial charge in [-0.3, -0.25) is 4.79 Å². The summed E-state index contributed by atoms with van der Waals surface area (Å²) in [5.41, 5.74) is 0. The molecular weight excluding hydrogens is 336 g/mol. The smallest absolute Gasteiger partial charge is 0.303 e. The normalized spacial score (nSPS) is 25.9. The zero-order valence-electron chi connectivity index (χ0n) is 15.7. The van der Waals surface area contributed by atoms with Crippen molar-refractivity contribution in [2.45, 2.75) is 95.2 Å². The standard InChI is InChI=1S/C20H34O6/c1-2-3-4-5-6-7-9-15(21)12-13-18-17(23)14-19(26-18)16(22)10-8-11-20(24)25/h6-7,12-13,15-19,21-23H,2-5,8-11,14H2,1H3,(H,24,25)/b7-6-,13-12+/t15-,16-,17-,18-,19-/m1/s1. The molecule has 4 N–H and O–H groups in total. The molecule has 1 aliphatic heterocycles. The lowest BCUT2D eigenvalue weighted by Gasteiger charge is -2.17. The Morgan fingerprint density at radius 1 is 1.23 bits per heavy atom. The van der Waals surface area contributed by atoms with Crippen molar-refractivity contribution in [2.75, 3.05) is 0 Å². The van der Waals surface area contributed by atoms with E-state index in [-0.39, 0.29) is 6.42 Å². The zero-order valence-corrected chi connectivity index (χ0v) is 15.7. The molecule has 1 rings (SSSR count). The number of carbonyl (C=O) groups is 1. The third-order valence-electron chi connectivity index (χ3n) is 4.55. The topological polar surface area (TPSA) is 107 Å². The Morgan fingerprint density at radius 2 is 2.00 bits per heavy atom. The molecule has 5 atom stereocenters. The third kappa shape index (κ3) is 9.48. The molecule has 6 nitrogen and oxygen atoms in total. The lowest BCUT2D eigenvalue weighted by atomic mass is 10.0. The molecule has 1 aliphatic rings. The van der Waals surface area contributed by atoms with Crippen LogP contribution >= 0.6 is 0 Å². The number of carboxylic acid groups (broad SMARTS) is 1. The summed E-state index contributed by atoms with van der Waals surface area (Å²) < 4.78 is 5.65. The maximum Gasteiger partial charge on any atom is 0.303 e. The van der Waals surface area contributed by atoms with Gasteiger partial charge in [-0.1, -0.05) is 44.1 Å². The van der Waals surface area contributed by atoms with E-state index in [9.17, 15) is 20.1 Å². The first-order valence-corrected chi connectivity index (χ1v) is 9.68. The van der Waals surface area contributed by atoms with Crippen molar-refractivity contribution in [3.8, 4) is 0 Å². The number of hydrogen-bond donors (Lipinski definition) is 4. The molecule has 0 amide bonds. The Bertz CT molecular complexity index is 448. The van der Waals surface area contributed by atoms with E-state index in [1.54, 1.807) is 12.2 Å². The van der Waals surface area contributed by atoms with Crippen molar-refractivity contribution < 1.29 is 30.0 Å². The maximum atomic E-state index is 10.5. The monoisotopic (exact) mass is 370 g/mol. The van der Waals surface area contributed by atoms with Crippen LogP contribution in [0.1, 0.15) is 64.7 Å². The largest absolute Gasteiger partial charge is 0.481 e. The molecule has 0 aromatic heterocycles. The van der Waals surface area contributed by atoms with E-state index in [0.29, 0.717) is 25.7 Å². The number of aliphatic carboxylic acids is 1. The summed E-state index contributed by atoms with van der Waals surface area (Å²) in [5.74, 6) is -0.890. The molecule has 150 valence electrons. The van der Waals surface area contributed by atoms with Gasteiger partial charge in [0.1, 0.15) is 6.10 Å². The van der Waals surface area contributed by atoms with Crippen molar-refractivity contribution in [2.24, 2.45) is 0 Å². The van der Waals surface area contributed by atoms with Crippen LogP contribution < -0.4 is 0 Å². The highest BCUT2D eigenvalue weighted by Gasteiger charge is 2.36. The Morgan fingerprint density at radius 3 is 2.69 bits per heavy atom. The fraction of sp³-hybridized carbons (Fsp3) is 0.750. The maximum absolute atomic E-state index is 10.5. The van der Waals surface area contributed by atoms with E-state index < -0.39 is 36.5 Å². The second kappa shape index (κ2) is 13.0. The highest BCUT2D eigenvalue weighted by atomic mass is 16.5. The molecule has 1 fully saturated rings. The fourth-order valence-electron chi connectivity index (χ4n) is 2.97. The molecule has 0 aromatic rings. The highest BCUT2D eigenvalue weighted by molar-refractivity contribution is 5.66. The summed E-state index contributed by atoms with van der Waals surface area (Å²) >= 11 is 0. The number of allylic oxidation sites excluding steroid dienone is 1. The number of hydrogen-bond acceptors (Lipinski definition) is 5. The molecular formula is C20H34O6. The first-order chi connectivity index (χ1) is 12.4. The van der Waals surface area contributed by atoms with Crippen molar-refractivity contribution in [3.05, 3.63) is 24.3 Å². The van der Waals surface area contributed by atoms with E-state index >= 15 is 0 Å². The number of unbranched alkanes of at least 4 members (excludes halogenated alkanes) is 3. The van der Waals surface area contributed by atoms with Gasteiger partial charge in [0.25, 0.3) is 0 Å². The van der Waals surface area contributed by atoms with E-state index in [4.69, 9.17) is 9.84 Å². The predicted molar refractivity (Wildman–Crippen MR) is 99.8 cm³/mol. The van der Waals surface area contributed by atoms with Gasteiger partial charge in [0.05, 0.1) is 24.4 Å². The molecule has 0 saturated carbocycles. The highest BCUT2D eigenvalue weighted by Crippen LogP contribution is 2.26. The number of ether oxygens (including phenoxy) is 1. The van der Waals surface area contributed by atoms with Crippen molar-refractivity contribution >= 4 is 5.97 Å². The molecule has 0 bridgehead atoms. The van der Waals surface area contributed by atoms with Crippen LogP contribution in [0.2, 0.25) is 0 Å². The Hall–Kier alpha value is -1.21. The van der Waals surface area contributed by atoms with E-state index in [1.165, 1.54) is 12.8 Å². The Labute approximate surface area is 156 Å². The van der Waals surface area contributed by atoms with E-state index in [0.717, 1.165) is 12.8 Å². The number of aliphatic hydroxyl groups is 3. The number of rotatable bonds is 13. The zero-order chi connectivity index (χ0) is 19.4. The minimum Gasteiger partial charge on any atom is -0.481 e. The van der Waals surface area contributed by atoms with Gasteiger partial charge in [0.2, 0.25) is 0 Å². The van der Waals surface area contributed by atoms with Gasteiger partial charge in [0.15, 0.2) is 0 Å². The minimum atomic E-state index is -0.890. The molecule has 0 aromatic carbocycles. The second-order valence-electron chi connectivity index (χ2n) is 6.95. The molecule has 26 heavy (non-hydrogen) atoms. The average molecular weight is 370 g/mol. The van der Waals surface area contributed by atoms with Crippen LogP contribution in [0, 0.1) is 0 Å². The van der Waals surface area contributed by atoms with Crippen LogP contribution in [0.4, 0.5) is 0 Å². The van der Waals surface area contributed by atoms with Gasteiger partial charge in [-0.2, -0.15) is 0 Å². The van der Waals surface area contributed by atoms with Gasteiger partial charge in [-0.25, -0.2) is 0 Å². The van der Waals surface area contributed by atoms with Gasteiger partial charge in [-0.15, -0.1) is 0 Å². The summed E-state index contributed by atoms with van der Waals surface area (Å²) in [7, 11) is 0. The second-order valence-corrected chi connectivity index (χ2v) is 6.95. The van der Waals surface area contributed by atoms with Gasteiger partial charge < -0.3 is 25.2 Å². The van der Waals surface area contributed by atoms with E-state index in [2.05, 4.69) is 13.0 Å². The average Bonchev–Trinajstić information content (AvgIpc) is 2.96. The van der Waals surface area contributed by atoms with Crippen molar-refractivity contribution in [3.63, 3.8) is 0 Å². The summed E-state index contributed by atoms with van der Waals surface area (Å²) in [6, 6.07) is 0.